The molecule has 0 unspecified atom stereocenters. The molecule has 0 fully saturated rings. The highest BCUT2D eigenvalue weighted by Crippen LogP contribution is 2.40. The van der Waals surface area contributed by atoms with Crippen molar-refractivity contribution in [3.8, 4) is 16.8 Å². The van der Waals surface area contributed by atoms with Crippen LogP contribution in [0.4, 0.5) is 0 Å². The Morgan fingerprint density at radius 2 is 1.05 bits per heavy atom. The predicted molar refractivity (Wildman–Crippen MR) is 154 cm³/mol. The second-order valence-electron chi connectivity index (χ2n) is 9.54. The smallest absolute Gasteiger partial charge is 0.0596 e. The summed E-state index contributed by atoms with van der Waals surface area (Å²) >= 11 is 0. The standard InChI is InChI=1S/C34H21N3/c1-2-10-24-19-34-29(18-23(24)9-1)28-13-5-6-15-32(28)37(34)33-17-16-27(30-20-35-36-21-31(30)33)26-14-7-11-22-8-3-4-12-25(22)26/h1-21H. The summed E-state index contributed by atoms with van der Waals surface area (Å²) in [6, 6.07) is 41.4. The largest absolute Gasteiger partial charge is 0.309 e. The van der Waals surface area contributed by atoms with Crippen molar-refractivity contribution >= 4 is 54.1 Å². The van der Waals surface area contributed by atoms with Crippen LogP contribution in [0.25, 0.3) is 70.9 Å². The summed E-state index contributed by atoms with van der Waals surface area (Å²) in [7, 11) is 0. The number of rotatable bonds is 2. The molecule has 2 heterocycles. The minimum Gasteiger partial charge on any atom is -0.309 e. The summed E-state index contributed by atoms with van der Waals surface area (Å²) in [4.78, 5) is 0. The minimum atomic E-state index is 1.08. The van der Waals surface area contributed by atoms with E-state index in [9.17, 15) is 0 Å². The number of para-hydroxylation sites is 1. The molecule has 6 aromatic carbocycles. The molecular weight excluding hydrogens is 450 g/mol. The summed E-state index contributed by atoms with van der Waals surface area (Å²) in [6.45, 7) is 0. The molecule has 0 N–H and O–H groups in total. The van der Waals surface area contributed by atoms with Gasteiger partial charge in [0.25, 0.3) is 0 Å². The molecule has 3 heteroatoms. The summed E-state index contributed by atoms with van der Waals surface area (Å²) in [5.74, 6) is 0. The summed E-state index contributed by atoms with van der Waals surface area (Å²) in [5.41, 5.74) is 5.85. The molecular formula is C34H21N3. The highest BCUT2D eigenvalue weighted by atomic mass is 15.1. The first-order valence-electron chi connectivity index (χ1n) is 12.5. The van der Waals surface area contributed by atoms with Crippen molar-refractivity contribution in [2.75, 3.05) is 0 Å². The summed E-state index contributed by atoms with van der Waals surface area (Å²) < 4.78 is 2.38. The topological polar surface area (TPSA) is 30.7 Å². The molecule has 0 amide bonds. The molecule has 0 bridgehead atoms. The van der Waals surface area contributed by atoms with Crippen molar-refractivity contribution in [1.82, 2.24) is 14.8 Å². The van der Waals surface area contributed by atoms with Crippen LogP contribution in [0.2, 0.25) is 0 Å². The van der Waals surface area contributed by atoms with Crippen LogP contribution in [0.3, 0.4) is 0 Å². The molecule has 0 spiro atoms. The molecule has 0 atom stereocenters. The van der Waals surface area contributed by atoms with E-state index < -0.39 is 0 Å². The second kappa shape index (κ2) is 7.74. The van der Waals surface area contributed by atoms with E-state index >= 15 is 0 Å². The molecule has 8 aromatic rings. The third-order valence-corrected chi connectivity index (χ3v) is 7.57. The number of aromatic nitrogens is 3. The van der Waals surface area contributed by atoms with Crippen LogP contribution in [0.5, 0.6) is 0 Å². The van der Waals surface area contributed by atoms with E-state index in [1.165, 1.54) is 48.9 Å². The number of hydrogen-bond acceptors (Lipinski definition) is 2. The normalized spacial score (nSPS) is 11.8. The van der Waals surface area contributed by atoms with Gasteiger partial charge >= 0.3 is 0 Å². The fourth-order valence-corrected chi connectivity index (χ4v) is 5.89. The summed E-state index contributed by atoms with van der Waals surface area (Å²) in [5, 5.41) is 18.3. The maximum Gasteiger partial charge on any atom is 0.0596 e. The van der Waals surface area contributed by atoms with E-state index in [4.69, 9.17) is 0 Å². The molecule has 37 heavy (non-hydrogen) atoms. The van der Waals surface area contributed by atoms with Crippen molar-refractivity contribution in [3.63, 3.8) is 0 Å². The van der Waals surface area contributed by atoms with Crippen LogP contribution >= 0.6 is 0 Å². The van der Waals surface area contributed by atoms with Crippen LogP contribution < -0.4 is 0 Å². The van der Waals surface area contributed by atoms with Crippen molar-refractivity contribution in [2.45, 2.75) is 0 Å². The van der Waals surface area contributed by atoms with Gasteiger partial charge in [-0.3, -0.25) is 0 Å². The molecule has 0 saturated heterocycles. The van der Waals surface area contributed by atoms with Crippen LogP contribution in [0.15, 0.2) is 128 Å². The van der Waals surface area contributed by atoms with E-state index in [1.807, 2.05) is 12.4 Å². The zero-order chi connectivity index (χ0) is 24.3. The monoisotopic (exact) mass is 471 g/mol. The van der Waals surface area contributed by atoms with E-state index in [0.29, 0.717) is 0 Å². The lowest BCUT2D eigenvalue weighted by molar-refractivity contribution is 1.05. The van der Waals surface area contributed by atoms with Crippen LogP contribution in [0.1, 0.15) is 0 Å². The first-order chi connectivity index (χ1) is 18.4. The van der Waals surface area contributed by atoms with Gasteiger partial charge in [0, 0.05) is 21.5 Å². The van der Waals surface area contributed by atoms with Gasteiger partial charge in [-0.1, -0.05) is 91.0 Å². The minimum absolute atomic E-state index is 1.08. The van der Waals surface area contributed by atoms with Gasteiger partial charge in [-0.2, -0.15) is 10.2 Å². The lowest BCUT2D eigenvalue weighted by atomic mass is 9.94. The molecule has 0 saturated carbocycles. The van der Waals surface area contributed by atoms with Crippen molar-refractivity contribution in [2.24, 2.45) is 0 Å². The average Bonchev–Trinajstić information content (AvgIpc) is 3.28. The van der Waals surface area contributed by atoms with E-state index in [-0.39, 0.29) is 0 Å². The second-order valence-corrected chi connectivity index (χ2v) is 9.54. The van der Waals surface area contributed by atoms with Gasteiger partial charge in [-0.25, -0.2) is 0 Å². The molecule has 2 aromatic heterocycles. The molecule has 0 aliphatic carbocycles. The van der Waals surface area contributed by atoms with Gasteiger partial charge < -0.3 is 4.57 Å². The molecule has 0 aliphatic rings. The number of hydrogen-bond donors (Lipinski definition) is 0. The fraction of sp³-hybridized carbons (Fsp3) is 0. The van der Waals surface area contributed by atoms with Crippen LogP contribution in [0, 0.1) is 0 Å². The number of fused-ring (bicyclic) bond motifs is 6. The molecule has 0 radical (unpaired) electrons. The van der Waals surface area contributed by atoms with Crippen molar-refractivity contribution in [1.29, 1.82) is 0 Å². The third kappa shape index (κ3) is 2.95. The molecule has 0 aliphatic heterocycles. The lowest BCUT2D eigenvalue weighted by Crippen LogP contribution is -1.97. The Kier molecular flexibility index (Phi) is 4.23. The third-order valence-electron chi connectivity index (χ3n) is 7.57. The Labute approximate surface area is 213 Å². The quantitative estimate of drug-likeness (QED) is 0.252. The molecule has 8 rings (SSSR count). The van der Waals surface area contributed by atoms with E-state index in [2.05, 4.69) is 130 Å². The Balaban J connectivity index is 1.49. The number of nitrogens with zero attached hydrogens (tertiary/aromatic N) is 3. The van der Waals surface area contributed by atoms with E-state index in [0.717, 1.165) is 22.0 Å². The molecule has 172 valence electrons. The Bertz CT molecular complexity index is 2150. The first-order valence-corrected chi connectivity index (χ1v) is 12.5. The predicted octanol–water partition coefficient (Wildman–Crippen LogP) is 8.70. The number of benzene rings is 6. The highest BCUT2D eigenvalue weighted by molar-refractivity contribution is 6.15. The van der Waals surface area contributed by atoms with Crippen molar-refractivity contribution in [3.05, 3.63) is 128 Å². The van der Waals surface area contributed by atoms with Crippen molar-refractivity contribution < 1.29 is 0 Å². The van der Waals surface area contributed by atoms with Gasteiger partial charge in [0.15, 0.2) is 0 Å². The maximum atomic E-state index is 4.33. The SMILES string of the molecule is c1ccc2cc3c(cc2c1)c1ccccc1n3-c1ccc(-c2cccc3ccccc23)c2cnncc12. The fourth-order valence-electron chi connectivity index (χ4n) is 5.89. The molecule has 3 nitrogen and oxygen atoms in total. The zero-order valence-electron chi connectivity index (χ0n) is 20.0. The van der Waals surface area contributed by atoms with Crippen LogP contribution in [-0.2, 0) is 0 Å². The Hall–Kier alpha value is -5.02. The highest BCUT2D eigenvalue weighted by Gasteiger charge is 2.17. The van der Waals surface area contributed by atoms with Gasteiger partial charge in [0.05, 0.1) is 29.1 Å². The van der Waals surface area contributed by atoms with Gasteiger partial charge in [0.2, 0.25) is 0 Å². The van der Waals surface area contributed by atoms with E-state index in [1.54, 1.807) is 0 Å². The lowest BCUT2D eigenvalue weighted by Gasteiger charge is -2.15. The average molecular weight is 472 g/mol. The van der Waals surface area contributed by atoms with Gasteiger partial charge in [-0.15, -0.1) is 0 Å². The first kappa shape index (κ1) is 20.2. The van der Waals surface area contributed by atoms with Gasteiger partial charge in [-0.05, 0) is 56.9 Å². The maximum absolute atomic E-state index is 4.33. The van der Waals surface area contributed by atoms with Crippen LogP contribution in [-0.4, -0.2) is 14.8 Å². The summed E-state index contributed by atoms with van der Waals surface area (Å²) in [6.07, 6.45) is 3.81. The zero-order valence-corrected chi connectivity index (χ0v) is 20.0. The van der Waals surface area contributed by atoms with Gasteiger partial charge in [0.1, 0.15) is 0 Å². The Morgan fingerprint density at radius 3 is 1.92 bits per heavy atom. The Morgan fingerprint density at radius 1 is 0.405 bits per heavy atom.